The molecule has 1 saturated carbocycles. The fraction of sp³-hybridized carbons (Fsp3) is 1.00. The van der Waals surface area contributed by atoms with Gasteiger partial charge in [0.15, 0.2) is 0 Å². The first kappa shape index (κ1) is 14.7. The van der Waals surface area contributed by atoms with Crippen LogP contribution in [0.5, 0.6) is 0 Å². The van der Waals surface area contributed by atoms with Crippen molar-refractivity contribution in [3.63, 3.8) is 0 Å². The van der Waals surface area contributed by atoms with E-state index in [9.17, 15) is 0 Å². The third-order valence-corrected chi connectivity index (χ3v) is 5.52. The Morgan fingerprint density at radius 2 is 2.06 bits per heavy atom. The molecule has 18 heavy (non-hydrogen) atoms. The summed E-state index contributed by atoms with van der Waals surface area (Å²) in [7, 11) is 0. The highest BCUT2D eigenvalue weighted by Gasteiger charge is 2.40. The number of nitrogens with zero attached hydrogens (tertiary/aromatic N) is 1. The van der Waals surface area contributed by atoms with Crippen molar-refractivity contribution in [3.8, 4) is 0 Å². The molecule has 2 rings (SSSR count). The molecule has 1 unspecified atom stereocenters. The highest BCUT2D eigenvalue weighted by atomic mass is 32.2. The third kappa shape index (κ3) is 3.64. The van der Waals surface area contributed by atoms with E-state index >= 15 is 0 Å². The minimum Gasteiger partial charge on any atom is -0.308 e. The van der Waals surface area contributed by atoms with E-state index in [1.165, 1.54) is 69.7 Å². The van der Waals surface area contributed by atoms with Gasteiger partial charge < -0.3 is 5.32 Å². The minimum atomic E-state index is 0.487. The molecule has 3 heteroatoms. The lowest BCUT2D eigenvalue weighted by Crippen LogP contribution is -2.63. The predicted octanol–water partition coefficient (Wildman–Crippen LogP) is 3.13. The SMILES string of the molecule is CCCC1CNC2(CCCC2)CN1CCSCC. The van der Waals surface area contributed by atoms with E-state index in [-0.39, 0.29) is 0 Å². The molecule has 1 saturated heterocycles. The monoisotopic (exact) mass is 270 g/mol. The largest absolute Gasteiger partial charge is 0.308 e. The van der Waals surface area contributed by atoms with Gasteiger partial charge in [0.2, 0.25) is 0 Å². The van der Waals surface area contributed by atoms with Gasteiger partial charge in [-0.3, -0.25) is 4.90 Å². The average molecular weight is 270 g/mol. The maximum Gasteiger partial charge on any atom is 0.0309 e. The molecule has 2 fully saturated rings. The van der Waals surface area contributed by atoms with E-state index in [0.717, 1.165) is 6.04 Å². The molecule has 2 nitrogen and oxygen atoms in total. The first-order chi connectivity index (χ1) is 8.79. The zero-order chi connectivity index (χ0) is 12.8. The Bertz CT molecular complexity index is 239. The Kier molecular flexibility index (Phi) is 5.84. The molecule has 1 spiro atoms. The van der Waals surface area contributed by atoms with Crippen molar-refractivity contribution in [1.29, 1.82) is 0 Å². The molecule has 1 aliphatic carbocycles. The second-order valence-electron chi connectivity index (χ2n) is 5.98. The van der Waals surface area contributed by atoms with Crippen molar-refractivity contribution in [2.75, 3.05) is 31.1 Å². The number of thioether (sulfide) groups is 1. The molecule has 0 bridgehead atoms. The maximum absolute atomic E-state index is 3.90. The van der Waals surface area contributed by atoms with Crippen molar-refractivity contribution in [3.05, 3.63) is 0 Å². The Morgan fingerprint density at radius 1 is 1.28 bits per heavy atom. The van der Waals surface area contributed by atoms with Crippen LogP contribution in [0.3, 0.4) is 0 Å². The molecule has 0 aromatic heterocycles. The Labute approximate surface area is 117 Å². The highest BCUT2D eigenvalue weighted by Crippen LogP contribution is 2.33. The molecule has 0 radical (unpaired) electrons. The summed E-state index contributed by atoms with van der Waals surface area (Å²) in [6, 6.07) is 0.790. The van der Waals surface area contributed by atoms with Crippen LogP contribution in [0.25, 0.3) is 0 Å². The van der Waals surface area contributed by atoms with Crippen LogP contribution in [0.4, 0.5) is 0 Å². The fourth-order valence-electron chi connectivity index (χ4n) is 3.63. The van der Waals surface area contributed by atoms with E-state index in [1.54, 1.807) is 0 Å². The Hall–Kier alpha value is 0.270. The van der Waals surface area contributed by atoms with Crippen molar-refractivity contribution in [1.82, 2.24) is 10.2 Å². The number of rotatable bonds is 6. The summed E-state index contributed by atoms with van der Waals surface area (Å²) in [5, 5.41) is 3.90. The van der Waals surface area contributed by atoms with Crippen molar-refractivity contribution in [2.45, 2.75) is 64.0 Å². The van der Waals surface area contributed by atoms with Gasteiger partial charge in [0, 0.05) is 37.0 Å². The second kappa shape index (κ2) is 7.16. The number of piperazine rings is 1. The van der Waals surface area contributed by atoms with Crippen LogP contribution >= 0.6 is 11.8 Å². The quantitative estimate of drug-likeness (QED) is 0.747. The topological polar surface area (TPSA) is 15.3 Å². The van der Waals surface area contributed by atoms with Crippen molar-refractivity contribution in [2.24, 2.45) is 0 Å². The Morgan fingerprint density at radius 3 is 2.72 bits per heavy atom. The highest BCUT2D eigenvalue weighted by molar-refractivity contribution is 7.99. The molecule has 106 valence electrons. The number of hydrogen-bond acceptors (Lipinski definition) is 3. The van der Waals surface area contributed by atoms with Gasteiger partial charge >= 0.3 is 0 Å². The summed E-state index contributed by atoms with van der Waals surface area (Å²) in [4.78, 5) is 2.80. The van der Waals surface area contributed by atoms with Gasteiger partial charge in [0.05, 0.1) is 0 Å². The second-order valence-corrected chi connectivity index (χ2v) is 7.37. The van der Waals surface area contributed by atoms with Gasteiger partial charge in [-0.2, -0.15) is 11.8 Å². The van der Waals surface area contributed by atoms with E-state index < -0.39 is 0 Å². The summed E-state index contributed by atoms with van der Waals surface area (Å²) in [6.45, 7) is 8.42. The van der Waals surface area contributed by atoms with Crippen LogP contribution in [0.15, 0.2) is 0 Å². The molecule has 1 N–H and O–H groups in total. The normalized spacial score (nSPS) is 28.0. The van der Waals surface area contributed by atoms with E-state index in [2.05, 4.69) is 35.8 Å². The summed E-state index contributed by atoms with van der Waals surface area (Å²) >= 11 is 2.09. The smallest absolute Gasteiger partial charge is 0.0309 e. The molecule has 2 aliphatic rings. The van der Waals surface area contributed by atoms with Crippen LogP contribution in [0.1, 0.15) is 52.4 Å². The number of nitrogens with one attached hydrogen (secondary N) is 1. The van der Waals surface area contributed by atoms with Crippen LogP contribution in [0.2, 0.25) is 0 Å². The van der Waals surface area contributed by atoms with Gasteiger partial charge in [-0.1, -0.05) is 33.1 Å². The van der Waals surface area contributed by atoms with Crippen LogP contribution in [-0.4, -0.2) is 47.6 Å². The zero-order valence-electron chi connectivity index (χ0n) is 12.2. The molecule has 1 atom stereocenters. The van der Waals surface area contributed by atoms with E-state index in [0.29, 0.717) is 5.54 Å². The average Bonchev–Trinajstić information content (AvgIpc) is 2.82. The standard InChI is InChI=1S/C15H30N2S/c1-3-7-14-12-16-15(8-5-6-9-15)13-17(14)10-11-18-4-2/h14,16H,3-13H2,1-2H3. The summed E-state index contributed by atoms with van der Waals surface area (Å²) < 4.78 is 0. The first-order valence-corrected chi connectivity index (χ1v) is 9.02. The van der Waals surface area contributed by atoms with Gasteiger partial charge in [0.1, 0.15) is 0 Å². The van der Waals surface area contributed by atoms with Crippen molar-refractivity contribution >= 4 is 11.8 Å². The minimum absolute atomic E-state index is 0.487. The summed E-state index contributed by atoms with van der Waals surface area (Å²) in [5.74, 6) is 2.57. The van der Waals surface area contributed by atoms with Gasteiger partial charge in [-0.25, -0.2) is 0 Å². The maximum atomic E-state index is 3.90. The van der Waals surface area contributed by atoms with Crippen LogP contribution in [-0.2, 0) is 0 Å². The molecular weight excluding hydrogens is 240 g/mol. The Balaban J connectivity index is 1.89. The lowest BCUT2D eigenvalue weighted by Gasteiger charge is -2.46. The molecule has 0 aromatic carbocycles. The van der Waals surface area contributed by atoms with E-state index in [4.69, 9.17) is 0 Å². The molecule has 1 heterocycles. The fourth-order valence-corrected chi connectivity index (χ4v) is 4.28. The van der Waals surface area contributed by atoms with Gasteiger partial charge in [-0.05, 0) is 25.0 Å². The van der Waals surface area contributed by atoms with E-state index in [1.807, 2.05) is 0 Å². The van der Waals surface area contributed by atoms with Crippen LogP contribution in [0, 0.1) is 0 Å². The predicted molar refractivity (Wildman–Crippen MR) is 82.5 cm³/mol. The van der Waals surface area contributed by atoms with Gasteiger partial charge in [-0.15, -0.1) is 0 Å². The molecule has 0 aromatic rings. The third-order valence-electron chi connectivity index (χ3n) is 4.64. The first-order valence-electron chi connectivity index (χ1n) is 7.86. The van der Waals surface area contributed by atoms with Crippen molar-refractivity contribution < 1.29 is 0 Å². The number of hydrogen-bond donors (Lipinski definition) is 1. The molecular formula is C15H30N2S. The van der Waals surface area contributed by atoms with Gasteiger partial charge in [0.25, 0.3) is 0 Å². The lowest BCUT2D eigenvalue weighted by molar-refractivity contribution is 0.0815. The zero-order valence-corrected chi connectivity index (χ0v) is 13.0. The summed E-state index contributed by atoms with van der Waals surface area (Å²) in [5.41, 5.74) is 0.487. The summed E-state index contributed by atoms with van der Waals surface area (Å²) in [6.07, 6.45) is 8.36. The van der Waals surface area contributed by atoms with Crippen LogP contribution < -0.4 is 5.32 Å². The molecule has 0 amide bonds. The lowest BCUT2D eigenvalue weighted by atomic mass is 9.91. The molecule has 1 aliphatic heterocycles.